The van der Waals surface area contributed by atoms with E-state index in [9.17, 15) is 9.70 Å². The Morgan fingerprint density at radius 2 is 2.24 bits per heavy atom. The Bertz CT molecular complexity index is 848. The Balaban J connectivity index is 2.29. The predicted molar refractivity (Wildman–Crippen MR) is 92.0 cm³/mol. The summed E-state index contributed by atoms with van der Waals surface area (Å²) < 4.78 is 28.3. The van der Waals surface area contributed by atoms with Crippen molar-refractivity contribution in [1.82, 2.24) is 9.47 Å². The topological polar surface area (TPSA) is 84.0 Å². The number of hydrogen-bond acceptors (Lipinski definition) is 5. The maximum Gasteiger partial charge on any atom is 0.475 e. The number of carbonyl (C=O) groups excluding carboxylic acids is 1. The Hall–Kier alpha value is -2.61. The number of carbonyl (C=O) groups is 1. The molecule has 0 saturated carbocycles. The zero-order chi connectivity index (χ0) is 20.9. The molecular weight excluding hydrogens is 326 g/mol. The first-order valence-corrected chi connectivity index (χ1v) is 7.87. The van der Waals surface area contributed by atoms with E-state index >= 15 is 0 Å². The molecule has 1 heterocycles. The number of rotatable bonds is 9. The van der Waals surface area contributed by atoms with Crippen LogP contribution in [0.2, 0.25) is 0 Å². The van der Waals surface area contributed by atoms with Crippen LogP contribution in [0.15, 0.2) is 24.4 Å². The molecule has 0 spiro atoms. The van der Waals surface area contributed by atoms with Gasteiger partial charge in [-0.15, -0.1) is 0 Å². The standard InChI is InChI=1S/C17H24N3O5/c1-18(2)9-8-13-12-19(17(21)5-4-10-25-20(22)23)16-7-6-14(24-3)11-15(13)16/h6-7,11-12H,4-5,8-10H2,1-3H3,(H,22,23)/q+1/i3D3. The Labute approximate surface area is 150 Å². The molecule has 0 amide bonds. The number of nitrogens with zero attached hydrogens (tertiary/aromatic N) is 3. The van der Waals surface area contributed by atoms with E-state index < -0.39 is 12.1 Å². The van der Waals surface area contributed by atoms with Gasteiger partial charge in [-0.05, 0) is 50.7 Å². The van der Waals surface area contributed by atoms with Crippen LogP contribution in [0.4, 0.5) is 0 Å². The number of hydrogen-bond donors (Lipinski definition) is 1. The summed E-state index contributed by atoms with van der Waals surface area (Å²) in [4.78, 5) is 29.2. The van der Waals surface area contributed by atoms with Crippen LogP contribution in [0.3, 0.4) is 0 Å². The third kappa shape index (κ3) is 4.93. The van der Waals surface area contributed by atoms with E-state index in [1.807, 2.05) is 19.0 Å². The van der Waals surface area contributed by atoms with Gasteiger partial charge < -0.3 is 9.64 Å². The van der Waals surface area contributed by atoms with Crippen LogP contribution >= 0.6 is 0 Å². The molecule has 2 aromatic rings. The van der Waals surface area contributed by atoms with Crippen LogP contribution in [-0.2, 0) is 11.3 Å². The predicted octanol–water partition coefficient (Wildman–Crippen LogP) is 2.27. The number of aromatic nitrogens is 1. The maximum absolute atomic E-state index is 12.6. The summed E-state index contributed by atoms with van der Waals surface area (Å²) in [7, 11) is 1.32. The summed E-state index contributed by atoms with van der Waals surface area (Å²) in [5.41, 5.74) is 1.54. The van der Waals surface area contributed by atoms with Gasteiger partial charge in [0.05, 0.1) is 16.7 Å². The molecule has 0 radical (unpaired) electrons. The molecule has 1 aromatic carbocycles. The van der Waals surface area contributed by atoms with Gasteiger partial charge in [0, 0.05) is 24.5 Å². The second kappa shape index (κ2) is 8.48. The highest BCUT2D eigenvalue weighted by molar-refractivity contribution is 5.95. The lowest BCUT2D eigenvalue weighted by atomic mass is 10.1. The van der Waals surface area contributed by atoms with Crippen LogP contribution < -0.4 is 4.74 Å². The lowest BCUT2D eigenvalue weighted by Crippen LogP contribution is -2.15. The molecule has 1 aromatic heterocycles. The van der Waals surface area contributed by atoms with Gasteiger partial charge in [-0.3, -0.25) is 9.36 Å². The lowest BCUT2D eigenvalue weighted by molar-refractivity contribution is -0.975. The molecule has 0 atom stereocenters. The smallest absolute Gasteiger partial charge is 0.475 e. The molecule has 25 heavy (non-hydrogen) atoms. The second-order valence-electron chi connectivity index (χ2n) is 5.93. The van der Waals surface area contributed by atoms with Gasteiger partial charge in [0.15, 0.2) is 6.61 Å². The molecule has 1 N–H and O–H groups in total. The van der Waals surface area contributed by atoms with Gasteiger partial charge in [0.1, 0.15) is 10.7 Å². The number of benzene rings is 1. The fourth-order valence-electron chi connectivity index (χ4n) is 2.58. The highest BCUT2D eigenvalue weighted by atomic mass is 16.9. The minimum Gasteiger partial charge on any atom is -0.497 e. The molecule has 0 fully saturated rings. The van der Waals surface area contributed by atoms with Gasteiger partial charge in [0.25, 0.3) is 0 Å². The molecule has 0 bridgehead atoms. The van der Waals surface area contributed by atoms with Crippen LogP contribution in [-0.4, -0.2) is 60.0 Å². The molecule has 0 aliphatic carbocycles. The van der Waals surface area contributed by atoms with Crippen LogP contribution in [0, 0.1) is 4.91 Å². The van der Waals surface area contributed by atoms with Gasteiger partial charge in [-0.2, -0.15) is 4.84 Å². The highest BCUT2D eigenvalue weighted by Crippen LogP contribution is 2.27. The monoisotopic (exact) mass is 353 g/mol. The Kier molecular flexibility index (Phi) is 4.99. The lowest BCUT2D eigenvalue weighted by Gasteiger charge is -2.08. The van der Waals surface area contributed by atoms with E-state index in [4.69, 9.17) is 14.1 Å². The highest BCUT2D eigenvalue weighted by Gasteiger charge is 2.15. The van der Waals surface area contributed by atoms with Crippen molar-refractivity contribution in [2.45, 2.75) is 19.3 Å². The Morgan fingerprint density at radius 1 is 1.44 bits per heavy atom. The summed E-state index contributed by atoms with van der Waals surface area (Å²) in [5, 5.41) is 8.51. The van der Waals surface area contributed by atoms with Crippen LogP contribution in [0.5, 0.6) is 5.75 Å². The zero-order valence-corrected chi connectivity index (χ0v) is 14.3. The largest absolute Gasteiger partial charge is 0.497 e. The van der Waals surface area contributed by atoms with Gasteiger partial charge >= 0.3 is 5.09 Å². The van der Waals surface area contributed by atoms with Crippen molar-refractivity contribution in [3.05, 3.63) is 34.9 Å². The summed E-state index contributed by atoms with van der Waals surface area (Å²) in [5.74, 6) is 0.000247. The Morgan fingerprint density at radius 3 is 2.92 bits per heavy atom. The van der Waals surface area contributed by atoms with Crippen molar-refractivity contribution in [1.29, 1.82) is 0 Å². The average molecular weight is 353 g/mol. The van der Waals surface area contributed by atoms with Crippen LogP contribution in [0.1, 0.15) is 27.3 Å². The number of likely N-dealkylation sites (N-methyl/N-ethyl adjacent to an activating group) is 1. The number of methoxy groups -OCH3 is 1. The second-order valence-corrected chi connectivity index (χ2v) is 5.93. The first-order valence-electron chi connectivity index (χ1n) is 9.37. The van der Waals surface area contributed by atoms with Crippen molar-refractivity contribution < 1.29 is 28.8 Å². The summed E-state index contributed by atoms with van der Waals surface area (Å²) in [6.45, 7) is 0.663. The third-order valence-electron chi connectivity index (χ3n) is 3.81. The van der Waals surface area contributed by atoms with E-state index in [2.05, 4.69) is 4.84 Å². The van der Waals surface area contributed by atoms with Gasteiger partial charge in [-0.1, -0.05) is 0 Å². The molecule has 8 heteroatoms. The molecule has 0 saturated heterocycles. The van der Waals surface area contributed by atoms with Crippen LogP contribution in [0.25, 0.3) is 10.9 Å². The quantitative estimate of drug-likeness (QED) is 0.550. The minimum atomic E-state index is -2.56. The van der Waals surface area contributed by atoms with E-state index in [1.54, 1.807) is 18.3 Å². The fourth-order valence-corrected chi connectivity index (χ4v) is 2.58. The van der Waals surface area contributed by atoms with Crippen molar-refractivity contribution in [2.24, 2.45) is 0 Å². The van der Waals surface area contributed by atoms with E-state index in [1.165, 1.54) is 10.6 Å². The van der Waals surface area contributed by atoms with E-state index in [0.717, 1.165) is 17.5 Å². The number of fused-ring (bicyclic) bond motifs is 1. The molecular formula is C17H24N3O5+. The van der Waals surface area contributed by atoms with Gasteiger partial charge in [0.2, 0.25) is 5.91 Å². The summed E-state index contributed by atoms with van der Waals surface area (Å²) >= 11 is 0. The summed E-state index contributed by atoms with van der Waals surface area (Å²) in [6, 6.07) is 4.79. The minimum absolute atomic E-state index is 0.0883. The van der Waals surface area contributed by atoms with Crippen molar-refractivity contribution in [2.75, 3.05) is 34.3 Å². The van der Waals surface area contributed by atoms with Crippen molar-refractivity contribution in [3.8, 4) is 5.75 Å². The van der Waals surface area contributed by atoms with E-state index in [0.29, 0.717) is 11.9 Å². The fraction of sp³-hybridized carbons (Fsp3) is 0.471. The van der Waals surface area contributed by atoms with Crippen molar-refractivity contribution >= 4 is 16.8 Å². The molecule has 2 rings (SSSR count). The zero-order valence-electron chi connectivity index (χ0n) is 17.3. The summed E-state index contributed by atoms with van der Waals surface area (Å²) in [6.07, 6.45) is 2.77. The molecule has 8 nitrogen and oxygen atoms in total. The normalized spacial score (nSPS) is 13.3. The third-order valence-corrected chi connectivity index (χ3v) is 3.81. The molecule has 0 aliphatic rings. The molecule has 0 aliphatic heterocycles. The molecule has 0 unspecified atom stereocenters. The number of ether oxygens (including phenoxy) is 1. The van der Waals surface area contributed by atoms with E-state index in [-0.39, 0.29) is 31.1 Å². The van der Waals surface area contributed by atoms with Crippen molar-refractivity contribution in [3.63, 3.8) is 0 Å². The first-order chi connectivity index (χ1) is 13.1. The maximum atomic E-state index is 12.6. The SMILES string of the molecule is [2H]C([2H])([2H])Oc1ccc2c(c1)c(CCN(C)C)cn2C(=O)CCCO[N+](=O)O. The van der Waals surface area contributed by atoms with Gasteiger partial charge in [-0.25, -0.2) is 5.21 Å². The average Bonchev–Trinajstić information content (AvgIpc) is 2.93. The molecule has 136 valence electrons. The first kappa shape index (κ1) is 14.7.